The van der Waals surface area contributed by atoms with Gasteiger partial charge in [0.1, 0.15) is 23.9 Å². The van der Waals surface area contributed by atoms with Gasteiger partial charge in [0.2, 0.25) is 0 Å². The van der Waals surface area contributed by atoms with Gasteiger partial charge in [0.25, 0.3) is 5.91 Å². The van der Waals surface area contributed by atoms with Gasteiger partial charge in [-0.1, -0.05) is 6.07 Å². The molecule has 45 heavy (non-hydrogen) atoms. The minimum atomic E-state index is -0.566. The summed E-state index contributed by atoms with van der Waals surface area (Å²) in [6.07, 6.45) is 1.36. The molecule has 0 saturated carbocycles. The second kappa shape index (κ2) is 14.1. The van der Waals surface area contributed by atoms with Gasteiger partial charge in [-0.15, -0.1) is 0 Å². The van der Waals surface area contributed by atoms with E-state index in [1.54, 1.807) is 24.3 Å². The van der Waals surface area contributed by atoms with Crippen LogP contribution >= 0.6 is 0 Å². The van der Waals surface area contributed by atoms with Crippen LogP contribution in [0.5, 0.6) is 17.2 Å². The van der Waals surface area contributed by atoms with Gasteiger partial charge in [-0.05, 0) is 98.8 Å². The standard InChI is InChI=1S/C34H31FN4O6/c1-22-7-8-23(2)39(22)27-13-15-28(16-14-27)43-20-29-17-18-31(45-29)34(41)38-36-19-24-5-4-6-30(42-3)33(24)44-21-32(40)37-26-11-9-25(35)10-12-26/h4-19H,20-21H2,1-3H3,(H,37,40)(H,38,41). The van der Waals surface area contributed by atoms with Crippen molar-refractivity contribution in [1.82, 2.24) is 9.99 Å². The molecule has 230 valence electrons. The summed E-state index contributed by atoms with van der Waals surface area (Å²) in [4.78, 5) is 25.0. The number of rotatable bonds is 12. The van der Waals surface area contributed by atoms with Crippen LogP contribution in [0.3, 0.4) is 0 Å². The molecule has 2 amide bonds. The van der Waals surface area contributed by atoms with Crippen molar-refractivity contribution in [3.63, 3.8) is 0 Å². The Balaban J connectivity index is 1.15. The minimum absolute atomic E-state index is 0.0548. The van der Waals surface area contributed by atoms with Crippen molar-refractivity contribution < 1.29 is 32.6 Å². The highest BCUT2D eigenvalue weighted by Gasteiger charge is 2.14. The fourth-order valence-corrected chi connectivity index (χ4v) is 4.53. The number of para-hydroxylation sites is 1. The van der Waals surface area contributed by atoms with Gasteiger partial charge in [-0.2, -0.15) is 5.10 Å². The largest absolute Gasteiger partial charge is 0.493 e. The maximum absolute atomic E-state index is 13.1. The normalized spacial score (nSPS) is 10.9. The summed E-state index contributed by atoms with van der Waals surface area (Å²) in [5.74, 6) is 0.358. The van der Waals surface area contributed by atoms with E-state index in [1.165, 1.54) is 43.7 Å². The maximum Gasteiger partial charge on any atom is 0.307 e. The number of anilines is 1. The molecular formula is C34H31FN4O6. The first kappa shape index (κ1) is 30.6. The number of furan rings is 1. The number of ether oxygens (including phenoxy) is 3. The molecule has 0 aliphatic carbocycles. The number of hydrogen-bond donors (Lipinski definition) is 2. The Morgan fingerprint density at radius 3 is 2.36 bits per heavy atom. The van der Waals surface area contributed by atoms with Crippen LogP contribution < -0.4 is 25.0 Å². The van der Waals surface area contributed by atoms with Gasteiger partial charge in [-0.25, -0.2) is 9.82 Å². The number of amides is 2. The van der Waals surface area contributed by atoms with Crippen LogP contribution in [0.4, 0.5) is 10.1 Å². The number of carbonyl (C=O) groups is 2. The molecule has 0 atom stereocenters. The molecule has 11 heteroatoms. The molecule has 10 nitrogen and oxygen atoms in total. The molecule has 0 aliphatic heterocycles. The fourth-order valence-electron chi connectivity index (χ4n) is 4.53. The highest BCUT2D eigenvalue weighted by Crippen LogP contribution is 2.30. The highest BCUT2D eigenvalue weighted by molar-refractivity contribution is 5.94. The van der Waals surface area contributed by atoms with Gasteiger partial charge >= 0.3 is 5.91 Å². The summed E-state index contributed by atoms with van der Waals surface area (Å²) in [6.45, 7) is 3.90. The number of nitrogens with one attached hydrogen (secondary N) is 2. The van der Waals surface area contributed by atoms with E-state index in [4.69, 9.17) is 18.6 Å². The third kappa shape index (κ3) is 7.77. The number of methoxy groups -OCH3 is 1. The lowest BCUT2D eigenvalue weighted by molar-refractivity contribution is -0.118. The second-order valence-corrected chi connectivity index (χ2v) is 9.92. The minimum Gasteiger partial charge on any atom is -0.493 e. The Kier molecular flexibility index (Phi) is 9.58. The molecule has 5 rings (SSSR count). The monoisotopic (exact) mass is 610 g/mol. The summed E-state index contributed by atoms with van der Waals surface area (Å²) in [7, 11) is 1.46. The molecular weight excluding hydrogens is 579 g/mol. The second-order valence-electron chi connectivity index (χ2n) is 9.92. The zero-order chi connectivity index (χ0) is 31.8. The maximum atomic E-state index is 13.1. The average molecular weight is 611 g/mol. The zero-order valence-corrected chi connectivity index (χ0v) is 24.9. The van der Waals surface area contributed by atoms with Crippen molar-refractivity contribution in [3.8, 4) is 22.9 Å². The lowest BCUT2D eigenvalue weighted by Gasteiger charge is -2.13. The molecule has 0 aliphatic rings. The van der Waals surface area contributed by atoms with E-state index in [2.05, 4.69) is 46.4 Å². The van der Waals surface area contributed by atoms with E-state index >= 15 is 0 Å². The lowest BCUT2D eigenvalue weighted by atomic mass is 10.2. The number of nitrogens with zero attached hydrogens (tertiary/aromatic N) is 2. The van der Waals surface area contributed by atoms with Crippen LogP contribution in [-0.2, 0) is 11.4 Å². The van der Waals surface area contributed by atoms with E-state index in [1.807, 2.05) is 24.3 Å². The van der Waals surface area contributed by atoms with E-state index < -0.39 is 17.6 Å². The van der Waals surface area contributed by atoms with Crippen molar-refractivity contribution >= 4 is 23.7 Å². The molecule has 2 heterocycles. The van der Waals surface area contributed by atoms with Crippen LogP contribution in [0.2, 0.25) is 0 Å². The van der Waals surface area contributed by atoms with Gasteiger partial charge in [0.05, 0.1) is 13.3 Å². The Hall–Kier alpha value is -5.84. The molecule has 0 unspecified atom stereocenters. The van der Waals surface area contributed by atoms with Crippen molar-refractivity contribution in [2.75, 3.05) is 19.0 Å². The molecule has 2 aromatic heterocycles. The van der Waals surface area contributed by atoms with Crippen molar-refractivity contribution in [1.29, 1.82) is 0 Å². The van der Waals surface area contributed by atoms with Crippen molar-refractivity contribution in [2.45, 2.75) is 20.5 Å². The Labute approximate surface area is 259 Å². The first-order valence-corrected chi connectivity index (χ1v) is 14.0. The van der Waals surface area contributed by atoms with Crippen LogP contribution in [0, 0.1) is 19.7 Å². The Morgan fingerprint density at radius 1 is 0.911 bits per heavy atom. The molecule has 0 bridgehead atoms. The first-order valence-electron chi connectivity index (χ1n) is 14.0. The number of aryl methyl sites for hydroxylation is 2. The van der Waals surface area contributed by atoms with E-state index in [-0.39, 0.29) is 24.7 Å². The topological polar surface area (TPSA) is 116 Å². The van der Waals surface area contributed by atoms with Crippen molar-refractivity contribution in [2.24, 2.45) is 5.10 Å². The van der Waals surface area contributed by atoms with Crippen LogP contribution in [0.1, 0.15) is 33.3 Å². The summed E-state index contributed by atoms with van der Waals surface area (Å²) in [5, 5.41) is 6.63. The van der Waals surface area contributed by atoms with E-state index in [9.17, 15) is 14.0 Å². The number of hydrazone groups is 1. The molecule has 0 spiro atoms. The Morgan fingerprint density at radius 2 is 1.64 bits per heavy atom. The van der Waals surface area contributed by atoms with Gasteiger partial charge in [0, 0.05) is 28.3 Å². The molecule has 0 saturated heterocycles. The summed E-state index contributed by atoms with van der Waals surface area (Å²) in [6, 6.07) is 25.5. The molecule has 0 radical (unpaired) electrons. The van der Waals surface area contributed by atoms with Crippen LogP contribution in [-0.4, -0.2) is 36.3 Å². The van der Waals surface area contributed by atoms with E-state index in [0.29, 0.717) is 28.5 Å². The third-order valence-corrected chi connectivity index (χ3v) is 6.71. The molecule has 0 fully saturated rings. The lowest BCUT2D eigenvalue weighted by Crippen LogP contribution is -2.21. The molecule has 3 aromatic carbocycles. The first-order chi connectivity index (χ1) is 21.8. The Bertz CT molecular complexity index is 1790. The number of halogens is 1. The number of benzene rings is 3. The number of aromatic nitrogens is 1. The fraction of sp³-hybridized carbons (Fsp3) is 0.147. The summed E-state index contributed by atoms with van der Waals surface area (Å²) in [5.41, 5.74) is 6.63. The summed E-state index contributed by atoms with van der Waals surface area (Å²) < 4.78 is 37.8. The average Bonchev–Trinajstić information content (AvgIpc) is 3.66. The SMILES string of the molecule is COc1cccc(C=NNC(=O)c2ccc(COc3ccc(-n4c(C)ccc4C)cc3)o2)c1OCC(=O)Nc1ccc(F)cc1. The third-order valence-electron chi connectivity index (χ3n) is 6.71. The van der Waals surface area contributed by atoms with Gasteiger partial charge in [-0.3, -0.25) is 9.59 Å². The summed E-state index contributed by atoms with van der Waals surface area (Å²) >= 11 is 0. The number of carbonyl (C=O) groups excluding carboxylic acids is 2. The van der Waals surface area contributed by atoms with Crippen LogP contribution in [0.25, 0.3) is 5.69 Å². The molecule has 2 N–H and O–H groups in total. The van der Waals surface area contributed by atoms with Crippen LogP contribution in [0.15, 0.2) is 101 Å². The predicted molar refractivity (Wildman–Crippen MR) is 167 cm³/mol. The van der Waals surface area contributed by atoms with Gasteiger partial charge in [0.15, 0.2) is 23.9 Å². The molecule has 5 aromatic rings. The predicted octanol–water partition coefficient (Wildman–Crippen LogP) is 6.20. The smallest absolute Gasteiger partial charge is 0.307 e. The zero-order valence-electron chi connectivity index (χ0n) is 24.9. The highest BCUT2D eigenvalue weighted by atomic mass is 19.1. The van der Waals surface area contributed by atoms with Gasteiger partial charge < -0.3 is 28.5 Å². The van der Waals surface area contributed by atoms with E-state index in [0.717, 1.165) is 17.1 Å². The van der Waals surface area contributed by atoms with Crippen molar-refractivity contribution in [3.05, 3.63) is 125 Å². The number of hydrogen-bond acceptors (Lipinski definition) is 7. The quantitative estimate of drug-likeness (QED) is 0.128.